The van der Waals surface area contributed by atoms with E-state index in [0.29, 0.717) is 0 Å². The molecule has 0 aromatic heterocycles. The highest BCUT2D eigenvalue weighted by molar-refractivity contribution is 8.01. The van der Waals surface area contributed by atoms with Crippen LogP contribution in [0, 0.1) is 0 Å². The van der Waals surface area contributed by atoms with Gasteiger partial charge in [-0.25, -0.2) is 9.59 Å². The highest BCUT2D eigenvalue weighted by Gasteiger charge is 2.60. The molecular weight excluding hydrogens is 222 g/mol. The molecular formula is C8H9NO5S. The summed E-state index contributed by atoms with van der Waals surface area (Å²) >= 11 is 1.03. The Balaban J connectivity index is 2.39. The molecule has 2 rings (SSSR count). The Labute approximate surface area is 89.2 Å². The zero-order valence-electron chi connectivity index (χ0n) is 7.67. The van der Waals surface area contributed by atoms with Gasteiger partial charge in [0.15, 0.2) is 4.87 Å². The number of hydrogen-bond donors (Lipinski definition) is 2. The van der Waals surface area contributed by atoms with Gasteiger partial charge in [0.2, 0.25) is 5.91 Å². The van der Waals surface area contributed by atoms with Gasteiger partial charge in [0, 0.05) is 12.2 Å². The Hall–Kier alpha value is -1.24. The summed E-state index contributed by atoms with van der Waals surface area (Å²) in [7, 11) is 0. The van der Waals surface area contributed by atoms with Crippen molar-refractivity contribution in [2.24, 2.45) is 0 Å². The van der Waals surface area contributed by atoms with Crippen molar-refractivity contribution in [3.05, 3.63) is 0 Å². The van der Waals surface area contributed by atoms with Crippen LogP contribution >= 0.6 is 11.8 Å². The van der Waals surface area contributed by atoms with Gasteiger partial charge in [-0.2, -0.15) is 0 Å². The molecule has 2 N–H and O–H groups in total. The average Bonchev–Trinajstić information content (AvgIpc) is 2.66. The van der Waals surface area contributed by atoms with Gasteiger partial charge in [-0.05, 0) is 6.42 Å². The summed E-state index contributed by atoms with van der Waals surface area (Å²) in [5.41, 5.74) is 0. The molecule has 2 heterocycles. The Morgan fingerprint density at radius 3 is 2.67 bits per heavy atom. The maximum atomic E-state index is 11.5. The van der Waals surface area contributed by atoms with Crippen LogP contribution < -0.4 is 0 Å². The fraction of sp³-hybridized carbons (Fsp3) is 0.625. The largest absolute Gasteiger partial charge is 0.480 e. The number of carbonyl (C=O) groups excluding carboxylic acids is 1. The molecule has 6 nitrogen and oxygen atoms in total. The Bertz CT molecular complexity index is 357. The summed E-state index contributed by atoms with van der Waals surface area (Å²) in [6.07, 6.45) is 0.304. The van der Waals surface area contributed by atoms with Gasteiger partial charge in [-0.15, -0.1) is 11.8 Å². The van der Waals surface area contributed by atoms with E-state index in [1.807, 2.05) is 0 Å². The van der Waals surface area contributed by atoms with E-state index in [1.54, 1.807) is 0 Å². The zero-order valence-corrected chi connectivity index (χ0v) is 8.49. The molecule has 82 valence electrons. The number of amides is 1. The summed E-state index contributed by atoms with van der Waals surface area (Å²) < 4.78 is 0. The second kappa shape index (κ2) is 3.13. The molecule has 15 heavy (non-hydrogen) atoms. The first-order valence-corrected chi connectivity index (χ1v) is 5.40. The molecule has 2 saturated heterocycles. The highest BCUT2D eigenvalue weighted by Crippen LogP contribution is 2.47. The number of rotatable bonds is 2. The van der Waals surface area contributed by atoms with Crippen molar-refractivity contribution < 1.29 is 24.6 Å². The van der Waals surface area contributed by atoms with Crippen molar-refractivity contribution >= 4 is 29.6 Å². The first-order chi connectivity index (χ1) is 6.99. The van der Waals surface area contributed by atoms with Crippen LogP contribution in [0.5, 0.6) is 0 Å². The summed E-state index contributed by atoms with van der Waals surface area (Å²) in [6, 6.07) is -0.999. The van der Waals surface area contributed by atoms with E-state index in [9.17, 15) is 14.4 Å². The first kappa shape index (κ1) is 10.3. The quantitative estimate of drug-likeness (QED) is 0.670. The van der Waals surface area contributed by atoms with E-state index in [2.05, 4.69) is 0 Å². The number of thioether (sulfide) groups is 1. The van der Waals surface area contributed by atoms with Gasteiger partial charge in [0.1, 0.15) is 6.04 Å². The van der Waals surface area contributed by atoms with Gasteiger partial charge in [0.05, 0.1) is 0 Å². The van der Waals surface area contributed by atoms with Crippen LogP contribution in [0.4, 0.5) is 0 Å². The summed E-state index contributed by atoms with van der Waals surface area (Å²) in [5, 5.41) is 18.0. The van der Waals surface area contributed by atoms with Crippen molar-refractivity contribution in [2.75, 3.05) is 5.75 Å². The minimum absolute atomic E-state index is 0.114. The van der Waals surface area contributed by atoms with E-state index >= 15 is 0 Å². The molecule has 0 aromatic carbocycles. The molecule has 2 aliphatic rings. The lowest BCUT2D eigenvalue weighted by molar-refractivity contribution is -0.154. The third-order valence-electron chi connectivity index (χ3n) is 2.75. The molecule has 0 aromatic rings. The van der Waals surface area contributed by atoms with Crippen LogP contribution in [-0.2, 0) is 14.4 Å². The minimum atomic E-state index is -1.33. The Kier molecular flexibility index (Phi) is 2.14. The van der Waals surface area contributed by atoms with Crippen LogP contribution in [-0.4, -0.2) is 49.6 Å². The first-order valence-electron chi connectivity index (χ1n) is 4.41. The van der Waals surface area contributed by atoms with Crippen LogP contribution in [0.15, 0.2) is 0 Å². The fourth-order valence-electron chi connectivity index (χ4n) is 2.03. The molecule has 0 bridgehead atoms. The Morgan fingerprint density at radius 2 is 2.13 bits per heavy atom. The van der Waals surface area contributed by atoms with Crippen LogP contribution in [0.25, 0.3) is 0 Å². The number of carboxylic acids is 2. The zero-order chi connectivity index (χ0) is 11.2. The fourth-order valence-corrected chi connectivity index (χ4v) is 3.49. The monoisotopic (exact) mass is 231 g/mol. The molecule has 2 aliphatic heterocycles. The lowest BCUT2D eigenvalue weighted by Crippen LogP contribution is -2.51. The topological polar surface area (TPSA) is 94.9 Å². The number of fused-ring (bicyclic) bond motifs is 1. The van der Waals surface area contributed by atoms with Crippen molar-refractivity contribution in [1.82, 2.24) is 4.90 Å². The minimum Gasteiger partial charge on any atom is -0.480 e. The second-order valence-electron chi connectivity index (χ2n) is 3.52. The third-order valence-corrected chi connectivity index (χ3v) is 4.28. The normalized spacial score (nSPS) is 34.3. The standard InChI is InChI=1S/C8H9NO5S/c10-5-1-2-8(7(13)14)9(5)4(3-15-8)6(11)12/h4H,1-3H2,(H,11,12)(H,13,14)/t4-,8+/m1/s1. The van der Waals surface area contributed by atoms with Gasteiger partial charge in [0.25, 0.3) is 0 Å². The number of carboxylic acid groups (broad SMARTS) is 2. The smallest absolute Gasteiger partial charge is 0.340 e. The van der Waals surface area contributed by atoms with Gasteiger partial charge >= 0.3 is 11.9 Å². The SMILES string of the molecule is O=C(O)[C@H]1CS[C@]2(C(=O)O)CCC(=O)N12. The summed E-state index contributed by atoms with van der Waals surface area (Å²) in [6.45, 7) is 0. The Morgan fingerprint density at radius 1 is 1.47 bits per heavy atom. The number of nitrogens with zero attached hydrogens (tertiary/aromatic N) is 1. The maximum Gasteiger partial charge on any atom is 0.340 e. The van der Waals surface area contributed by atoms with E-state index in [4.69, 9.17) is 10.2 Å². The molecule has 0 saturated carbocycles. The van der Waals surface area contributed by atoms with E-state index in [-0.39, 0.29) is 24.5 Å². The van der Waals surface area contributed by atoms with Gasteiger partial charge in [-0.3, -0.25) is 4.79 Å². The van der Waals surface area contributed by atoms with Crippen molar-refractivity contribution in [2.45, 2.75) is 23.8 Å². The van der Waals surface area contributed by atoms with Crippen molar-refractivity contribution in [3.63, 3.8) is 0 Å². The molecule has 0 radical (unpaired) electrons. The maximum absolute atomic E-state index is 11.5. The molecule has 1 amide bonds. The molecule has 2 fully saturated rings. The highest BCUT2D eigenvalue weighted by atomic mass is 32.2. The van der Waals surface area contributed by atoms with Gasteiger partial charge in [-0.1, -0.05) is 0 Å². The molecule has 7 heteroatoms. The number of carbonyl (C=O) groups is 3. The van der Waals surface area contributed by atoms with Crippen LogP contribution in [0.1, 0.15) is 12.8 Å². The van der Waals surface area contributed by atoms with E-state index in [1.165, 1.54) is 0 Å². The van der Waals surface area contributed by atoms with Crippen molar-refractivity contribution in [1.29, 1.82) is 0 Å². The van der Waals surface area contributed by atoms with Crippen LogP contribution in [0.3, 0.4) is 0 Å². The second-order valence-corrected chi connectivity index (χ2v) is 4.82. The summed E-state index contributed by atoms with van der Waals surface area (Å²) in [4.78, 5) is 33.1. The van der Waals surface area contributed by atoms with E-state index in [0.717, 1.165) is 16.7 Å². The predicted molar refractivity (Wildman–Crippen MR) is 50.3 cm³/mol. The molecule has 0 spiro atoms. The predicted octanol–water partition coefficient (Wildman–Crippen LogP) is -0.410. The lowest BCUT2D eigenvalue weighted by Gasteiger charge is -2.28. The van der Waals surface area contributed by atoms with Gasteiger partial charge < -0.3 is 15.1 Å². The molecule has 2 atom stereocenters. The number of aliphatic carboxylic acids is 2. The summed E-state index contributed by atoms with van der Waals surface area (Å²) in [5.74, 6) is -2.49. The number of hydrogen-bond acceptors (Lipinski definition) is 4. The van der Waals surface area contributed by atoms with E-state index < -0.39 is 22.9 Å². The molecule has 0 unspecified atom stereocenters. The van der Waals surface area contributed by atoms with Crippen molar-refractivity contribution in [3.8, 4) is 0 Å². The lowest BCUT2D eigenvalue weighted by atomic mass is 10.2. The average molecular weight is 231 g/mol. The third kappa shape index (κ3) is 1.22. The molecule has 0 aliphatic carbocycles. The van der Waals surface area contributed by atoms with Crippen LogP contribution in [0.2, 0.25) is 0 Å².